The van der Waals surface area contributed by atoms with Crippen LogP contribution in [-0.2, 0) is 6.42 Å². The van der Waals surface area contributed by atoms with E-state index in [0.717, 1.165) is 31.0 Å². The molecule has 2 rings (SSSR count). The summed E-state index contributed by atoms with van der Waals surface area (Å²) in [5.74, 6) is 0.878. The first-order valence-electron chi connectivity index (χ1n) is 4.68. The minimum atomic E-state index is 0.529. The minimum Gasteiger partial charge on any atom is -0.363 e. The topological polar surface area (TPSA) is 49.8 Å². The first-order valence-corrected chi connectivity index (χ1v) is 4.68. The lowest BCUT2D eigenvalue weighted by Gasteiger charge is -2.28. The highest BCUT2D eigenvalue weighted by atomic mass is 15.2. The minimum absolute atomic E-state index is 0.529. The van der Waals surface area contributed by atoms with Gasteiger partial charge >= 0.3 is 0 Å². The summed E-state index contributed by atoms with van der Waals surface area (Å²) in [7, 11) is 0. The van der Waals surface area contributed by atoms with E-state index in [2.05, 4.69) is 27.8 Å². The van der Waals surface area contributed by atoms with Crippen LogP contribution in [0.5, 0.6) is 0 Å². The van der Waals surface area contributed by atoms with E-state index in [-0.39, 0.29) is 0 Å². The number of aromatic nitrogens is 2. The molecule has 1 aliphatic rings. The first kappa shape index (κ1) is 8.44. The SMILES string of the molecule is CCc1ccc(NC2CNC2)nn1. The molecule has 0 aliphatic carbocycles. The zero-order chi connectivity index (χ0) is 9.10. The van der Waals surface area contributed by atoms with E-state index in [1.807, 2.05) is 12.1 Å². The highest BCUT2D eigenvalue weighted by molar-refractivity contribution is 5.35. The summed E-state index contributed by atoms with van der Waals surface area (Å²) >= 11 is 0. The van der Waals surface area contributed by atoms with Crippen molar-refractivity contribution < 1.29 is 0 Å². The van der Waals surface area contributed by atoms with Gasteiger partial charge in [-0.1, -0.05) is 6.92 Å². The fraction of sp³-hybridized carbons (Fsp3) is 0.556. The molecule has 0 radical (unpaired) electrons. The van der Waals surface area contributed by atoms with Gasteiger partial charge in [-0.05, 0) is 18.6 Å². The largest absolute Gasteiger partial charge is 0.363 e. The predicted molar refractivity (Wildman–Crippen MR) is 51.7 cm³/mol. The lowest BCUT2D eigenvalue weighted by Crippen LogP contribution is -2.51. The van der Waals surface area contributed by atoms with Crippen molar-refractivity contribution in [2.45, 2.75) is 19.4 Å². The number of hydrogen-bond acceptors (Lipinski definition) is 4. The van der Waals surface area contributed by atoms with Crippen molar-refractivity contribution >= 4 is 5.82 Å². The Morgan fingerprint density at radius 1 is 1.46 bits per heavy atom. The molecule has 0 spiro atoms. The Morgan fingerprint density at radius 3 is 2.77 bits per heavy atom. The molecule has 1 aliphatic heterocycles. The molecule has 0 saturated carbocycles. The van der Waals surface area contributed by atoms with Gasteiger partial charge in [-0.3, -0.25) is 0 Å². The molecule has 0 aromatic carbocycles. The maximum Gasteiger partial charge on any atom is 0.148 e. The lowest BCUT2D eigenvalue weighted by atomic mass is 10.2. The van der Waals surface area contributed by atoms with Gasteiger partial charge in [-0.15, -0.1) is 5.10 Å². The summed E-state index contributed by atoms with van der Waals surface area (Å²) in [5.41, 5.74) is 1.04. The average Bonchev–Trinajstić information content (AvgIpc) is 2.12. The van der Waals surface area contributed by atoms with E-state index < -0.39 is 0 Å². The fourth-order valence-electron chi connectivity index (χ4n) is 1.23. The molecule has 1 fully saturated rings. The van der Waals surface area contributed by atoms with Gasteiger partial charge in [0.15, 0.2) is 0 Å². The van der Waals surface area contributed by atoms with E-state index in [1.165, 1.54) is 0 Å². The van der Waals surface area contributed by atoms with Gasteiger partial charge < -0.3 is 10.6 Å². The van der Waals surface area contributed by atoms with Crippen LogP contribution in [0.2, 0.25) is 0 Å². The third kappa shape index (κ3) is 1.95. The number of anilines is 1. The standard InChI is InChI=1S/C9H14N4/c1-2-7-3-4-9(13-12-7)11-8-5-10-6-8/h3-4,8,10H,2,5-6H2,1H3,(H,11,13). The van der Waals surface area contributed by atoms with Crippen molar-refractivity contribution in [3.8, 4) is 0 Å². The maximum absolute atomic E-state index is 4.08. The van der Waals surface area contributed by atoms with Crippen LogP contribution >= 0.6 is 0 Å². The third-order valence-electron chi connectivity index (χ3n) is 2.22. The van der Waals surface area contributed by atoms with Gasteiger partial charge in [-0.2, -0.15) is 5.10 Å². The second kappa shape index (κ2) is 3.70. The number of rotatable bonds is 3. The molecule has 13 heavy (non-hydrogen) atoms. The summed E-state index contributed by atoms with van der Waals surface area (Å²) < 4.78 is 0. The third-order valence-corrected chi connectivity index (χ3v) is 2.22. The Hall–Kier alpha value is -1.16. The highest BCUT2D eigenvalue weighted by Gasteiger charge is 2.16. The zero-order valence-corrected chi connectivity index (χ0v) is 7.75. The molecule has 0 atom stereocenters. The lowest BCUT2D eigenvalue weighted by molar-refractivity contribution is 0.470. The van der Waals surface area contributed by atoms with Gasteiger partial charge in [0, 0.05) is 13.1 Å². The van der Waals surface area contributed by atoms with Gasteiger partial charge in [0.05, 0.1) is 11.7 Å². The smallest absolute Gasteiger partial charge is 0.148 e. The maximum atomic E-state index is 4.08. The molecule has 2 heterocycles. The molecule has 1 aromatic rings. The Morgan fingerprint density at radius 2 is 2.31 bits per heavy atom. The molecule has 0 bridgehead atoms. The van der Waals surface area contributed by atoms with E-state index in [4.69, 9.17) is 0 Å². The first-order chi connectivity index (χ1) is 6.38. The van der Waals surface area contributed by atoms with Crippen LogP contribution in [0.25, 0.3) is 0 Å². The van der Waals surface area contributed by atoms with Crippen molar-refractivity contribution in [2.75, 3.05) is 18.4 Å². The zero-order valence-electron chi connectivity index (χ0n) is 7.75. The van der Waals surface area contributed by atoms with Gasteiger partial charge in [0.2, 0.25) is 0 Å². The van der Waals surface area contributed by atoms with E-state index in [1.54, 1.807) is 0 Å². The van der Waals surface area contributed by atoms with E-state index in [9.17, 15) is 0 Å². The molecular formula is C9H14N4. The Labute approximate surface area is 77.8 Å². The quantitative estimate of drug-likeness (QED) is 0.704. The van der Waals surface area contributed by atoms with Crippen LogP contribution in [0.1, 0.15) is 12.6 Å². The summed E-state index contributed by atoms with van der Waals surface area (Å²) in [6.07, 6.45) is 0.943. The Bertz CT molecular complexity index is 265. The summed E-state index contributed by atoms with van der Waals surface area (Å²) in [5, 5.41) is 14.6. The number of nitrogens with zero attached hydrogens (tertiary/aromatic N) is 2. The van der Waals surface area contributed by atoms with E-state index >= 15 is 0 Å². The van der Waals surface area contributed by atoms with Gasteiger partial charge in [-0.25, -0.2) is 0 Å². The van der Waals surface area contributed by atoms with Crippen molar-refractivity contribution in [3.05, 3.63) is 17.8 Å². The van der Waals surface area contributed by atoms with Crippen LogP contribution in [0.4, 0.5) is 5.82 Å². The molecule has 0 unspecified atom stereocenters. The van der Waals surface area contributed by atoms with Crippen molar-refractivity contribution in [3.63, 3.8) is 0 Å². The highest BCUT2D eigenvalue weighted by Crippen LogP contribution is 2.06. The molecule has 70 valence electrons. The van der Waals surface area contributed by atoms with Crippen molar-refractivity contribution in [1.29, 1.82) is 0 Å². The van der Waals surface area contributed by atoms with Crippen molar-refractivity contribution in [1.82, 2.24) is 15.5 Å². The van der Waals surface area contributed by atoms with Gasteiger partial charge in [0.1, 0.15) is 5.82 Å². The summed E-state index contributed by atoms with van der Waals surface area (Å²) in [4.78, 5) is 0. The average molecular weight is 178 g/mol. The number of nitrogens with one attached hydrogen (secondary N) is 2. The number of aryl methyl sites for hydroxylation is 1. The predicted octanol–water partition coefficient (Wildman–Crippen LogP) is 0.423. The van der Waals surface area contributed by atoms with Crippen LogP contribution in [0.15, 0.2) is 12.1 Å². The Balaban J connectivity index is 1.96. The van der Waals surface area contributed by atoms with Crippen LogP contribution in [0, 0.1) is 0 Å². The second-order valence-electron chi connectivity index (χ2n) is 3.26. The molecule has 4 nitrogen and oxygen atoms in total. The molecule has 1 aromatic heterocycles. The van der Waals surface area contributed by atoms with Crippen molar-refractivity contribution in [2.24, 2.45) is 0 Å². The molecule has 0 amide bonds. The normalized spacial score (nSPS) is 16.7. The Kier molecular flexibility index (Phi) is 2.40. The fourth-order valence-corrected chi connectivity index (χ4v) is 1.23. The van der Waals surface area contributed by atoms with E-state index in [0.29, 0.717) is 6.04 Å². The van der Waals surface area contributed by atoms with Gasteiger partial charge in [0.25, 0.3) is 0 Å². The molecule has 1 saturated heterocycles. The molecule has 4 heteroatoms. The summed E-state index contributed by atoms with van der Waals surface area (Å²) in [6, 6.07) is 4.53. The monoisotopic (exact) mass is 178 g/mol. The van der Waals surface area contributed by atoms with Crippen LogP contribution in [-0.4, -0.2) is 29.3 Å². The van der Waals surface area contributed by atoms with Crippen LogP contribution in [0.3, 0.4) is 0 Å². The summed E-state index contributed by atoms with van der Waals surface area (Å²) in [6.45, 7) is 4.13. The number of hydrogen-bond donors (Lipinski definition) is 2. The second-order valence-corrected chi connectivity index (χ2v) is 3.26. The molecular weight excluding hydrogens is 164 g/mol. The van der Waals surface area contributed by atoms with Crippen LogP contribution < -0.4 is 10.6 Å². The molecule has 2 N–H and O–H groups in total.